The largest absolute Gasteiger partial charge is 0.376 e. The molecule has 1 aliphatic rings. The van der Waals surface area contributed by atoms with Gasteiger partial charge in [0.1, 0.15) is 5.01 Å². The van der Waals surface area contributed by atoms with Crippen molar-refractivity contribution in [3.8, 4) is 0 Å². The number of hydrogen-bond acceptors (Lipinski definition) is 4. The Balaban J connectivity index is 2.11. The lowest BCUT2D eigenvalue weighted by Crippen LogP contribution is -2.30. The first-order chi connectivity index (χ1) is 12.8. The van der Waals surface area contributed by atoms with Crippen LogP contribution < -0.4 is 10.1 Å². The third-order valence-electron chi connectivity index (χ3n) is 4.94. The van der Waals surface area contributed by atoms with Crippen molar-refractivity contribution >= 4 is 17.4 Å². The van der Waals surface area contributed by atoms with E-state index in [0.29, 0.717) is 23.8 Å². The molecule has 1 aliphatic heterocycles. The fraction of sp³-hybridized carbons (Fsp3) is 0.850. The molecule has 1 N–H and O–H groups in total. The average molecular weight is 397 g/mol. The van der Waals surface area contributed by atoms with E-state index in [1.54, 1.807) is 0 Å². The van der Waals surface area contributed by atoms with Crippen molar-refractivity contribution in [1.82, 2.24) is 15.1 Å². The Kier molecular flexibility index (Phi) is 8.48. The van der Waals surface area contributed by atoms with Crippen LogP contribution in [0.1, 0.15) is 78.2 Å². The monoisotopic (exact) mass is 396 g/mol. The molecule has 6 nitrogen and oxygen atoms in total. The van der Waals surface area contributed by atoms with Crippen LogP contribution in [0.5, 0.6) is 0 Å². The third-order valence-corrected chi connectivity index (χ3v) is 6.32. The Labute approximate surface area is 167 Å². The standard InChI is InChI=1S/C20H36N4O2S/c1-6-8-10-15(7-2)13-21-18(25)22-19-24(14-16-11-9-12-26-16)23-17(27-19)20(3,4)5/h15-16H,6-14H2,1-5H3,(H,21,25)/b22-19-/t15?,16-/m1/s1. The summed E-state index contributed by atoms with van der Waals surface area (Å²) in [6, 6.07) is -0.268. The number of rotatable bonds is 8. The van der Waals surface area contributed by atoms with Crippen LogP contribution in [0.4, 0.5) is 4.79 Å². The molecule has 0 bridgehead atoms. The van der Waals surface area contributed by atoms with Gasteiger partial charge in [-0.05, 0) is 25.2 Å². The van der Waals surface area contributed by atoms with Crippen LogP contribution in [0.3, 0.4) is 0 Å². The highest BCUT2D eigenvalue weighted by atomic mass is 32.1. The number of carbonyl (C=O) groups excluding carboxylic acids is 1. The molecule has 7 heteroatoms. The molecule has 154 valence electrons. The van der Waals surface area contributed by atoms with E-state index in [1.165, 1.54) is 24.2 Å². The SMILES string of the molecule is CCCCC(CC)CNC(=O)/N=c1\sc(C(C)(C)C)nn1C[C@H]1CCCO1. The average Bonchev–Trinajstić information content (AvgIpc) is 3.25. The van der Waals surface area contributed by atoms with E-state index < -0.39 is 0 Å². The summed E-state index contributed by atoms with van der Waals surface area (Å²) in [6.07, 6.45) is 6.92. The quantitative estimate of drug-likeness (QED) is 0.714. The van der Waals surface area contributed by atoms with Crippen molar-refractivity contribution in [3.05, 3.63) is 9.81 Å². The molecule has 0 spiro atoms. The zero-order valence-electron chi connectivity index (χ0n) is 17.6. The molecule has 27 heavy (non-hydrogen) atoms. The Morgan fingerprint density at radius 1 is 1.44 bits per heavy atom. The summed E-state index contributed by atoms with van der Waals surface area (Å²) in [4.78, 5) is 17.4. The number of unbranched alkanes of at least 4 members (excludes halogenated alkanes) is 1. The van der Waals surface area contributed by atoms with E-state index in [4.69, 9.17) is 9.84 Å². The first-order valence-corrected chi connectivity index (χ1v) is 11.2. The Bertz CT molecular complexity index is 654. The van der Waals surface area contributed by atoms with Crippen molar-refractivity contribution in [2.24, 2.45) is 10.9 Å². The molecule has 1 unspecified atom stereocenters. The van der Waals surface area contributed by atoms with Crippen LogP contribution >= 0.6 is 11.3 Å². The summed E-state index contributed by atoms with van der Waals surface area (Å²) in [5.41, 5.74) is -0.0688. The maximum Gasteiger partial charge on any atom is 0.343 e. The zero-order chi connectivity index (χ0) is 19.9. The highest BCUT2D eigenvalue weighted by Gasteiger charge is 2.23. The minimum Gasteiger partial charge on any atom is -0.376 e. The van der Waals surface area contributed by atoms with E-state index in [1.807, 2.05) is 4.68 Å². The lowest BCUT2D eigenvalue weighted by atomic mass is 9.98. The topological polar surface area (TPSA) is 68.5 Å². The van der Waals surface area contributed by atoms with Gasteiger partial charge in [0, 0.05) is 18.6 Å². The highest BCUT2D eigenvalue weighted by Crippen LogP contribution is 2.22. The fourth-order valence-electron chi connectivity index (χ4n) is 3.10. The summed E-state index contributed by atoms with van der Waals surface area (Å²) in [6.45, 7) is 12.9. The van der Waals surface area contributed by atoms with Gasteiger partial charge >= 0.3 is 6.03 Å². The summed E-state index contributed by atoms with van der Waals surface area (Å²) >= 11 is 1.50. The van der Waals surface area contributed by atoms with Crippen molar-refractivity contribution in [2.45, 2.75) is 91.2 Å². The lowest BCUT2D eigenvalue weighted by Gasteiger charge is -2.14. The molecule has 1 fully saturated rings. The molecular weight excluding hydrogens is 360 g/mol. The summed E-state index contributed by atoms with van der Waals surface area (Å²) in [5, 5.41) is 8.71. The molecule has 1 aromatic rings. The van der Waals surface area contributed by atoms with Crippen molar-refractivity contribution < 1.29 is 9.53 Å². The van der Waals surface area contributed by atoms with Crippen LogP contribution in [0.25, 0.3) is 0 Å². The van der Waals surface area contributed by atoms with Gasteiger partial charge in [-0.15, -0.1) is 0 Å². The first kappa shape index (κ1) is 22.1. The van der Waals surface area contributed by atoms with Crippen molar-refractivity contribution in [1.29, 1.82) is 0 Å². The number of urea groups is 1. The van der Waals surface area contributed by atoms with Gasteiger partial charge in [-0.25, -0.2) is 9.48 Å². The van der Waals surface area contributed by atoms with Gasteiger partial charge in [-0.1, -0.05) is 65.2 Å². The first-order valence-electron chi connectivity index (χ1n) is 10.4. The predicted molar refractivity (Wildman–Crippen MR) is 110 cm³/mol. The van der Waals surface area contributed by atoms with E-state index >= 15 is 0 Å². The number of nitrogens with zero attached hydrogens (tertiary/aromatic N) is 3. The third kappa shape index (κ3) is 7.03. The van der Waals surface area contributed by atoms with Gasteiger partial charge in [-0.2, -0.15) is 10.1 Å². The molecule has 0 saturated carbocycles. The number of amides is 2. The normalized spacial score (nSPS) is 19.4. The second-order valence-corrected chi connectivity index (χ2v) is 9.43. The van der Waals surface area contributed by atoms with E-state index in [2.05, 4.69) is 44.9 Å². The van der Waals surface area contributed by atoms with Crippen LogP contribution in [0.15, 0.2) is 4.99 Å². The maximum absolute atomic E-state index is 12.4. The Hall–Kier alpha value is -1.21. The van der Waals surface area contributed by atoms with Crippen LogP contribution in [-0.4, -0.2) is 35.1 Å². The molecular formula is C20H36N4O2S. The molecule has 1 aromatic heterocycles. The Morgan fingerprint density at radius 3 is 2.81 bits per heavy atom. The molecule has 2 heterocycles. The predicted octanol–water partition coefficient (Wildman–Crippen LogP) is 4.25. The zero-order valence-corrected chi connectivity index (χ0v) is 18.4. The smallest absolute Gasteiger partial charge is 0.343 e. The maximum atomic E-state index is 12.4. The van der Waals surface area contributed by atoms with Gasteiger partial charge in [0.2, 0.25) is 4.80 Å². The van der Waals surface area contributed by atoms with Gasteiger partial charge < -0.3 is 10.1 Å². The lowest BCUT2D eigenvalue weighted by molar-refractivity contribution is 0.0928. The Morgan fingerprint density at radius 2 is 2.22 bits per heavy atom. The van der Waals surface area contributed by atoms with Crippen molar-refractivity contribution in [2.75, 3.05) is 13.2 Å². The fourth-order valence-corrected chi connectivity index (χ4v) is 4.06. The van der Waals surface area contributed by atoms with Crippen LogP contribution in [0.2, 0.25) is 0 Å². The molecule has 0 aliphatic carbocycles. The summed E-state index contributed by atoms with van der Waals surface area (Å²) in [5.74, 6) is 0.523. The number of aromatic nitrogens is 2. The molecule has 0 radical (unpaired) electrons. The summed E-state index contributed by atoms with van der Waals surface area (Å²) in [7, 11) is 0. The van der Waals surface area contributed by atoms with Gasteiger partial charge in [0.25, 0.3) is 0 Å². The number of nitrogens with one attached hydrogen (secondary N) is 1. The molecule has 2 rings (SSSR count). The van der Waals surface area contributed by atoms with Crippen LogP contribution in [-0.2, 0) is 16.7 Å². The molecule has 2 atom stereocenters. The van der Waals surface area contributed by atoms with Crippen molar-refractivity contribution in [3.63, 3.8) is 0 Å². The van der Waals surface area contributed by atoms with Crippen LogP contribution in [0, 0.1) is 5.92 Å². The van der Waals surface area contributed by atoms with E-state index in [-0.39, 0.29) is 17.6 Å². The second kappa shape index (κ2) is 10.4. The molecule has 2 amide bonds. The second-order valence-electron chi connectivity index (χ2n) is 8.47. The van der Waals surface area contributed by atoms with Gasteiger partial charge in [0.15, 0.2) is 0 Å². The van der Waals surface area contributed by atoms with Gasteiger partial charge in [0.05, 0.1) is 12.6 Å². The van der Waals surface area contributed by atoms with Gasteiger partial charge in [-0.3, -0.25) is 0 Å². The highest BCUT2D eigenvalue weighted by molar-refractivity contribution is 7.09. The number of carbonyl (C=O) groups is 1. The molecule has 0 aromatic carbocycles. The minimum atomic E-state index is -0.268. The van der Waals surface area contributed by atoms with E-state index in [9.17, 15) is 4.79 Å². The van der Waals surface area contributed by atoms with E-state index in [0.717, 1.165) is 37.3 Å². The minimum absolute atomic E-state index is 0.0688. The summed E-state index contributed by atoms with van der Waals surface area (Å²) < 4.78 is 7.60. The number of ether oxygens (including phenoxy) is 1. The number of hydrogen-bond donors (Lipinski definition) is 1. The molecule has 1 saturated heterocycles.